The van der Waals surface area contributed by atoms with E-state index < -0.39 is 10.9 Å². The highest BCUT2D eigenvalue weighted by Crippen LogP contribution is 2.26. The van der Waals surface area contributed by atoms with E-state index in [-0.39, 0.29) is 29.4 Å². The third-order valence-electron chi connectivity index (χ3n) is 3.66. The second-order valence-electron chi connectivity index (χ2n) is 5.30. The van der Waals surface area contributed by atoms with Crippen LogP contribution in [0.15, 0.2) is 36.4 Å². The highest BCUT2D eigenvalue weighted by Gasteiger charge is 2.19. The summed E-state index contributed by atoms with van der Waals surface area (Å²) in [6.07, 6.45) is 0. The molecule has 0 saturated carbocycles. The Hall–Kier alpha value is -3.42. The van der Waals surface area contributed by atoms with Gasteiger partial charge in [-0.25, -0.2) is 4.79 Å². The van der Waals surface area contributed by atoms with Crippen LogP contribution in [0, 0.1) is 10.1 Å². The molecule has 0 bridgehead atoms. The largest absolute Gasteiger partial charge is 0.496 e. The molecule has 0 aliphatic rings. The highest BCUT2D eigenvalue weighted by molar-refractivity contribution is 5.95. The van der Waals surface area contributed by atoms with Crippen LogP contribution in [0.1, 0.15) is 33.2 Å². The van der Waals surface area contributed by atoms with Gasteiger partial charge in [-0.1, -0.05) is 0 Å². The van der Waals surface area contributed by atoms with Gasteiger partial charge in [0.1, 0.15) is 23.7 Å². The summed E-state index contributed by atoms with van der Waals surface area (Å²) in [7, 11) is 2.80. The van der Waals surface area contributed by atoms with E-state index in [1.54, 1.807) is 18.2 Å². The molecule has 0 unspecified atom stereocenters. The number of ketones is 1. The first-order valence-corrected chi connectivity index (χ1v) is 7.54. The van der Waals surface area contributed by atoms with Crippen molar-refractivity contribution in [1.82, 2.24) is 0 Å². The lowest BCUT2D eigenvalue weighted by Crippen LogP contribution is -2.09. The molecule has 2 aromatic rings. The summed E-state index contributed by atoms with van der Waals surface area (Å²) < 4.78 is 15.5. The van der Waals surface area contributed by atoms with Gasteiger partial charge in [0.25, 0.3) is 5.69 Å². The molecule has 0 saturated heterocycles. The Morgan fingerprint density at radius 3 is 2.27 bits per heavy atom. The maximum absolute atomic E-state index is 12.4. The predicted octanol–water partition coefficient (Wildman–Crippen LogP) is 3.17. The van der Waals surface area contributed by atoms with Gasteiger partial charge >= 0.3 is 5.97 Å². The molecule has 0 amide bonds. The quantitative estimate of drug-likeness (QED) is 0.323. The third-order valence-corrected chi connectivity index (χ3v) is 3.66. The highest BCUT2D eigenvalue weighted by atomic mass is 16.6. The molecule has 2 rings (SSSR count). The van der Waals surface area contributed by atoms with Gasteiger partial charge in [-0.3, -0.25) is 14.9 Å². The molecule has 0 fully saturated rings. The summed E-state index contributed by atoms with van der Waals surface area (Å²) in [5.74, 6) is -0.319. The average molecular weight is 359 g/mol. The number of rotatable bonds is 7. The Morgan fingerprint density at radius 2 is 1.69 bits per heavy atom. The Kier molecular flexibility index (Phi) is 5.90. The lowest BCUT2D eigenvalue weighted by Gasteiger charge is -2.12. The van der Waals surface area contributed by atoms with E-state index in [1.807, 2.05) is 0 Å². The zero-order valence-corrected chi connectivity index (χ0v) is 14.5. The number of non-ortho nitro benzene ring substituents is 1. The van der Waals surface area contributed by atoms with Crippen LogP contribution in [0.4, 0.5) is 5.69 Å². The maximum Gasteiger partial charge on any atom is 0.342 e. The van der Waals surface area contributed by atoms with Gasteiger partial charge in [-0.2, -0.15) is 0 Å². The topological polar surface area (TPSA) is 105 Å². The summed E-state index contributed by atoms with van der Waals surface area (Å²) in [6, 6.07) is 8.42. The van der Waals surface area contributed by atoms with Gasteiger partial charge in [0.05, 0.1) is 19.1 Å². The number of hydrogen-bond acceptors (Lipinski definition) is 7. The van der Waals surface area contributed by atoms with Gasteiger partial charge in [0, 0.05) is 23.3 Å². The third kappa shape index (κ3) is 4.15. The lowest BCUT2D eigenvalue weighted by atomic mass is 10.1. The van der Waals surface area contributed by atoms with Gasteiger partial charge in [-0.05, 0) is 31.2 Å². The lowest BCUT2D eigenvalue weighted by molar-refractivity contribution is -0.384. The van der Waals surface area contributed by atoms with E-state index in [0.717, 1.165) is 6.07 Å². The Morgan fingerprint density at radius 1 is 1.04 bits per heavy atom. The fourth-order valence-electron chi connectivity index (χ4n) is 2.30. The van der Waals surface area contributed by atoms with E-state index in [0.29, 0.717) is 16.9 Å². The van der Waals surface area contributed by atoms with Crippen molar-refractivity contribution in [2.75, 3.05) is 14.2 Å². The van der Waals surface area contributed by atoms with Crippen LogP contribution in [-0.2, 0) is 11.3 Å². The number of Topliss-reactive ketones (excluding diaryl/α,β-unsaturated/α-hetero) is 1. The van der Waals surface area contributed by atoms with Crippen LogP contribution in [0.5, 0.6) is 11.5 Å². The SMILES string of the molecule is COc1ccc(C(C)=O)cc1COC(=O)c1cc([N+](=O)[O-])ccc1OC. The summed E-state index contributed by atoms with van der Waals surface area (Å²) in [6.45, 7) is 1.25. The normalized spacial score (nSPS) is 10.1. The molecule has 26 heavy (non-hydrogen) atoms. The number of nitro groups is 1. The van der Waals surface area contributed by atoms with Crippen molar-refractivity contribution in [1.29, 1.82) is 0 Å². The van der Waals surface area contributed by atoms with E-state index >= 15 is 0 Å². The molecule has 136 valence electrons. The van der Waals surface area contributed by atoms with Crippen molar-refractivity contribution in [2.45, 2.75) is 13.5 Å². The summed E-state index contributed by atoms with van der Waals surface area (Å²) in [5, 5.41) is 10.9. The first-order chi connectivity index (χ1) is 12.4. The fraction of sp³-hybridized carbons (Fsp3) is 0.222. The zero-order valence-electron chi connectivity index (χ0n) is 14.5. The molecule has 2 aromatic carbocycles. The molecule has 0 radical (unpaired) electrons. The number of methoxy groups -OCH3 is 2. The standard InChI is InChI=1S/C18H17NO7/c1-11(20)12-4-6-16(24-2)13(8-12)10-26-18(21)15-9-14(19(22)23)5-7-17(15)25-3/h4-9H,10H2,1-3H3. The minimum Gasteiger partial charge on any atom is -0.496 e. The van der Waals surface area contributed by atoms with Gasteiger partial charge in [-0.15, -0.1) is 0 Å². The molecule has 0 aliphatic heterocycles. The summed E-state index contributed by atoms with van der Waals surface area (Å²) >= 11 is 0. The fourth-order valence-corrected chi connectivity index (χ4v) is 2.30. The number of carbonyl (C=O) groups excluding carboxylic acids is 2. The molecule has 0 atom stereocenters. The molecular weight excluding hydrogens is 342 g/mol. The number of carbonyl (C=O) groups is 2. The van der Waals surface area contributed by atoms with Gasteiger partial charge in [0.15, 0.2) is 5.78 Å². The van der Waals surface area contributed by atoms with Crippen LogP contribution in [-0.4, -0.2) is 30.9 Å². The summed E-state index contributed by atoms with van der Waals surface area (Å²) in [5.41, 5.74) is 0.625. The Balaban J connectivity index is 2.26. The molecule has 0 spiro atoms. The van der Waals surface area contributed by atoms with Crippen molar-refractivity contribution in [2.24, 2.45) is 0 Å². The molecule has 0 aliphatic carbocycles. The molecule has 0 aromatic heterocycles. The molecular formula is C18H17NO7. The Labute approximate surface area is 149 Å². The minimum absolute atomic E-state index is 0.0663. The van der Waals surface area contributed by atoms with E-state index in [4.69, 9.17) is 14.2 Å². The van der Waals surface area contributed by atoms with Crippen LogP contribution in [0.2, 0.25) is 0 Å². The van der Waals surface area contributed by atoms with E-state index in [2.05, 4.69) is 0 Å². The van der Waals surface area contributed by atoms with Crippen LogP contribution in [0.25, 0.3) is 0 Å². The molecule has 0 N–H and O–H groups in total. The zero-order chi connectivity index (χ0) is 19.3. The number of ether oxygens (including phenoxy) is 3. The monoisotopic (exact) mass is 359 g/mol. The van der Waals surface area contributed by atoms with E-state index in [1.165, 1.54) is 33.3 Å². The molecule has 8 nitrogen and oxygen atoms in total. The minimum atomic E-state index is -0.791. The average Bonchev–Trinajstić information content (AvgIpc) is 2.64. The van der Waals surface area contributed by atoms with Crippen LogP contribution in [0.3, 0.4) is 0 Å². The van der Waals surface area contributed by atoms with Crippen molar-refractivity contribution < 1.29 is 28.7 Å². The maximum atomic E-state index is 12.4. The van der Waals surface area contributed by atoms with Crippen molar-refractivity contribution in [3.63, 3.8) is 0 Å². The first-order valence-electron chi connectivity index (χ1n) is 7.54. The van der Waals surface area contributed by atoms with Gasteiger partial charge < -0.3 is 14.2 Å². The number of benzene rings is 2. The number of nitrogens with zero attached hydrogens (tertiary/aromatic N) is 1. The van der Waals surface area contributed by atoms with Crippen molar-refractivity contribution >= 4 is 17.4 Å². The van der Waals surface area contributed by atoms with Crippen molar-refractivity contribution in [3.8, 4) is 11.5 Å². The van der Waals surface area contributed by atoms with Gasteiger partial charge in [0.2, 0.25) is 0 Å². The van der Waals surface area contributed by atoms with Crippen molar-refractivity contribution in [3.05, 3.63) is 63.2 Å². The van der Waals surface area contributed by atoms with Crippen LogP contribution >= 0.6 is 0 Å². The second-order valence-corrected chi connectivity index (χ2v) is 5.30. The first kappa shape index (κ1) is 18.9. The number of hydrogen-bond donors (Lipinski definition) is 0. The number of nitro benzene ring substituents is 1. The second kappa shape index (κ2) is 8.11. The molecule has 8 heteroatoms. The van der Waals surface area contributed by atoms with Crippen LogP contribution < -0.4 is 9.47 Å². The van der Waals surface area contributed by atoms with E-state index in [9.17, 15) is 19.7 Å². The predicted molar refractivity (Wildman–Crippen MR) is 91.8 cm³/mol. The summed E-state index contributed by atoms with van der Waals surface area (Å²) in [4.78, 5) is 34.2. The number of esters is 1. The smallest absolute Gasteiger partial charge is 0.342 e. The Bertz CT molecular complexity index is 861. The molecule has 0 heterocycles.